The molecule has 2 aromatic carbocycles. The van der Waals surface area contributed by atoms with Crippen LogP contribution in [0, 0.1) is 6.92 Å². The van der Waals surface area contributed by atoms with Crippen molar-refractivity contribution in [3.63, 3.8) is 0 Å². The van der Waals surface area contributed by atoms with E-state index in [1.807, 2.05) is 49.4 Å². The van der Waals surface area contributed by atoms with Crippen LogP contribution in [-0.2, 0) is 0 Å². The molecule has 0 aliphatic heterocycles. The van der Waals surface area contributed by atoms with Crippen LogP contribution in [0.4, 0.5) is 5.82 Å². The van der Waals surface area contributed by atoms with E-state index in [9.17, 15) is 5.11 Å². The van der Waals surface area contributed by atoms with Crippen molar-refractivity contribution in [3.05, 3.63) is 60.5 Å². The number of hydrogen-bond donors (Lipinski definition) is 2. The average molecular weight is 317 g/mol. The fraction of sp³-hybridized carbons (Fsp3) is 0.0526. The lowest BCUT2D eigenvalue weighted by Gasteiger charge is -2.09. The van der Waals surface area contributed by atoms with Crippen molar-refractivity contribution in [1.29, 1.82) is 0 Å². The fourth-order valence-electron chi connectivity index (χ4n) is 2.76. The molecule has 2 heterocycles. The molecule has 2 aromatic heterocycles. The largest absolute Gasteiger partial charge is 0.507 e. The number of phenolic OH excluding ortho intramolecular Hbond substituents is 1. The number of aromatic nitrogens is 2. The Balaban J connectivity index is 1.93. The number of nitrogen functional groups attached to an aromatic ring is 1. The molecule has 0 saturated heterocycles. The molecule has 5 nitrogen and oxygen atoms in total. The van der Waals surface area contributed by atoms with Crippen LogP contribution in [-0.4, -0.2) is 15.1 Å². The highest BCUT2D eigenvalue weighted by molar-refractivity contribution is 5.92. The molecule has 0 aliphatic carbocycles. The van der Waals surface area contributed by atoms with Crippen LogP contribution in [0.1, 0.15) is 5.76 Å². The molecule has 0 unspecified atom stereocenters. The molecule has 0 bridgehead atoms. The maximum absolute atomic E-state index is 9.94. The van der Waals surface area contributed by atoms with Crippen LogP contribution in [0.25, 0.3) is 33.5 Å². The first kappa shape index (κ1) is 14.3. The SMILES string of the molecule is Cc1ccc(-c2nc(N)cnc2-c2ccc3c(O)cccc3c2)o1. The summed E-state index contributed by atoms with van der Waals surface area (Å²) >= 11 is 0. The molecule has 4 rings (SSSR count). The number of nitrogens with zero attached hydrogens (tertiary/aromatic N) is 2. The minimum absolute atomic E-state index is 0.254. The van der Waals surface area contributed by atoms with Crippen molar-refractivity contribution in [2.45, 2.75) is 6.92 Å². The van der Waals surface area contributed by atoms with Gasteiger partial charge in [-0.3, -0.25) is 0 Å². The predicted molar refractivity (Wildman–Crippen MR) is 93.5 cm³/mol. The van der Waals surface area contributed by atoms with E-state index < -0.39 is 0 Å². The summed E-state index contributed by atoms with van der Waals surface area (Å²) in [6.07, 6.45) is 1.53. The van der Waals surface area contributed by atoms with Crippen LogP contribution in [0.15, 0.2) is 59.1 Å². The monoisotopic (exact) mass is 317 g/mol. The highest BCUT2D eigenvalue weighted by Crippen LogP contribution is 2.33. The number of nitrogens with two attached hydrogens (primary N) is 1. The van der Waals surface area contributed by atoms with E-state index in [0.717, 1.165) is 22.1 Å². The van der Waals surface area contributed by atoms with Gasteiger partial charge in [-0.15, -0.1) is 0 Å². The molecule has 0 aliphatic rings. The third-order valence-electron chi connectivity index (χ3n) is 3.90. The Kier molecular flexibility index (Phi) is 3.20. The molecule has 0 radical (unpaired) electrons. The van der Waals surface area contributed by atoms with Crippen molar-refractivity contribution in [3.8, 4) is 28.5 Å². The third kappa shape index (κ3) is 2.36. The number of furan rings is 1. The molecule has 0 fully saturated rings. The van der Waals surface area contributed by atoms with E-state index in [0.29, 0.717) is 23.0 Å². The first-order chi connectivity index (χ1) is 11.6. The van der Waals surface area contributed by atoms with Crippen LogP contribution in [0.5, 0.6) is 5.75 Å². The number of hydrogen-bond acceptors (Lipinski definition) is 5. The summed E-state index contributed by atoms with van der Waals surface area (Å²) in [6.45, 7) is 1.88. The lowest BCUT2D eigenvalue weighted by molar-refractivity contribution is 0.481. The van der Waals surface area contributed by atoms with Crippen molar-refractivity contribution in [2.75, 3.05) is 5.73 Å². The van der Waals surface area contributed by atoms with Crippen molar-refractivity contribution in [1.82, 2.24) is 9.97 Å². The molecule has 0 amide bonds. The van der Waals surface area contributed by atoms with E-state index in [4.69, 9.17) is 10.2 Å². The first-order valence-electron chi connectivity index (χ1n) is 7.53. The van der Waals surface area contributed by atoms with E-state index in [1.54, 1.807) is 6.07 Å². The van der Waals surface area contributed by atoms with Gasteiger partial charge >= 0.3 is 0 Å². The summed E-state index contributed by atoms with van der Waals surface area (Å²) < 4.78 is 5.70. The summed E-state index contributed by atoms with van der Waals surface area (Å²) in [4.78, 5) is 8.86. The van der Waals surface area contributed by atoms with Gasteiger partial charge in [0.25, 0.3) is 0 Å². The summed E-state index contributed by atoms with van der Waals surface area (Å²) in [6, 6.07) is 14.9. The number of phenols is 1. The lowest BCUT2D eigenvalue weighted by Crippen LogP contribution is -1.97. The van der Waals surface area contributed by atoms with E-state index in [-0.39, 0.29) is 5.75 Å². The van der Waals surface area contributed by atoms with Gasteiger partial charge in [-0.2, -0.15) is 0 Å². The van der Waals surface area contributed by atoms with Gasteiger partial charge in [0, 0.05) is 10.9 Å². The van der Waals surface area contributed by atoms with E-state index >= 15 is 0 Å². The molecule has 3 N–H and O–H groups in total. The lowest BCUT2D eigenvalue weighted by atomic mass is 10.0. The van der Waals surface area contributed by atoms with Gasteiger partial charge in [-0.1, -0.05) is 18.2 Å². The van der Waals surface area contributed by atoms with Gasteiger partial charge in [-0.25, -0.2) is 9.97 Å². The van der Waals surface area contributed by atoms with Crippen LogP contribution in [0.3, 0.4) is 0 Å². The average Bonchev–Trinajstić information content (AvgIpc) is 3.01. The van der Waals surface area contributed by atoms with E-state index in [1.165, 1.54) is 6.20 Å². The number of anilines is 1. The van der Waals surface area contributed by atoms with Crippen molar-refractivity contribution >= 4 is 16.6 Å². The standard InChI is InChI=1S/C19H15N3O2/c1-11-5-8-16(24-11)19-18(21-10-17(20)22-19)13-6-7-14-12(9-13)3-2-4-15(14)23/h2-10,23H,1H3,(H2,20,22). The van der Waals surface area contributed by atoms with Gasteiger partial charge in [0.2, 0.25) is 0 Å². The highest BCUT2D eigenvalue weighted by atomic mass is 16.3. The number of benzene rings is 2. The van der Waals surface area contributed by atoms with Crippen LogP contribution in [0.2, 0.25) is 0 Å². The summed E-state index contributed by atoms with van der Waals surface area (Å²) in [7, 11) is 0. The Bertz CT molecular complexity index is 1050. The smallest absolute Gasteiger partial charge is 0.154 e. The first-order valence-corrected chi connectivity index (χ1v) is 7.53. The Hall–Kier alpha value is -3.34. The maximum atomic E-state index is 9.94. The normalized spacial score (nSPS) is 11.0. The Morgan fingerprint density at radius 3 is 2.71 bits per heavy atom. The summed E-state index contributed by atoms with van der Waals surface area (Å²) in [5, 5.41) is 11.7. The van der Waals surface area contributed by atoms with Gasteiger partial charge in [-0.05, 0) is 42.6 Å². The number of aryl methyl sites for hydroxylation is 1. The fourth-order valence-corrected chi connectivity index (χ4v) is 2.76. The molecule has 0 saturated carbocycles. The zero-order valence-electron chi connectivity index (χ0n) is 13.0. The zero-order valence-corrected chi connectivity index (χ0v) is 13.0. The maximum Gasteiger partial charge on any atom is 0.154 e. The molecule has 0 atom stereocenters. The molecule has 5 heteroatoms. The van der Waals surface area contributed by atoms with Crippen LogP contribution >= 0.6 is 0 Å². The minimum atomic E-state index is 0.254. The molecule has 118 valence electrons. The Morgan fingerprint density at radius 2 is 1.92 bits per heavy atom. The third-order valence-corrected chi connectivity index (χ3v) is 3.90. The van der Waals surface area contributed by atoms with Gasteiger partial charge < -0.3 is 15.3 Å². The van der Waals surface area contributed by atoms with Crippen LogP contribution < -0.4 is 5.73 Å². The quantitative estimate of drug-likeness (QED) is 0.580. The summed E-state index contributed by atoms with van der Waals surface area (Å²) in [5.41, 5.74) is 7.97. The zero-order chi connectivity index (χ0) is 16.7. The Morgan fingerprint density at radius 1 is 1.04 bits per heavy atom. The molecular weight excluding hydrogens is 302 g/mol. The van der Waals surface area contributed by atoms with Crippen molar-refractivity contribution in [2.24, 2.45) is 0 Å². The Labute approximate surface area is 138 Å². The second-order valence-corrected chi connectivity index (χ2v) is 5.62. The topological polar surface area (TPSA) is 85.2 Å². The minimum Gasteiger partial charge on any atom is -0.507 e. The molecule has 4 aromatic rings. The summed E-state index contributed by atoms with van der Waals surface area (Å²) in [5.74, 6) is 2.01. The predicted octanol–water partition coefficient (Wildman–Crippen LogP) is 4.15. The van der Waals surface area contributed by atoms with Gasteiger partial charge in [0.1, 0.15) is 23.0 Å². The van der Waals surface area contributed by atoms with E-state index in [2.05, 4.69) is 9.97 Å². The van der Waals surface area contributed by atoms with Gasteiger partial charge in [0.15, 0.2) is 5.76 Å². The molecule has 0 spiro atoms. The second kappa shape index (κ2) is 5.38. The van der Waals surface area contributed by atoms with Gasteiger partial charge in [0.05, 0.1) is 11.9 Å². The number of aromatic hydroxyl groups is 1. The number of fused-ring (bicyclic) bond motifs is 1. The second-order valence-electron chi connectivity index (χ2n) is 5.62. The highest BCUT2D eigenvalue weighted by Gasteiger charge is 2.15. The van der Waals surface area contributed by atoms with Crippen molar-refractivity contribution < 1.29 is 9.52 Å². The number of rotatable bonds is 2. The molecule has 24 heavy (non-hydrogen) atoms. The molecular formula is C19H15N3O2.